The first-order valence-electron chi connectivity index (χ1n) is 5.62. The molecular formula is C13H17NO2. The molecule has 1 aromatic carbocycles. The minimum atomic E-state index is 0.398. The number of carbonyl (C=O) groups is 1. The van der Waals surface area contributed by atoms with Gasteiger partial charge in [-0.3, -0.25) is 4.79 Å². The second-order valence-corrected chi connectivity index (χ2v) is 4.28. The van der Waals surface area contributed by atoms with Gasteiger partial charge in [0.1, 0.15) is 6.29 Å². The maximum Gasteiger partial charge on any atom is 0.150 e. The van der Waals surface area contributed by atoms with Crippen molar-refractivity contribution >= 4 is 12.0 Å². The highest BCUT2D eigenvalue weighted by Crippen LogP contribution is 2.22. The van der Waals surface area contributed by atoms with Crippen LogP contribution >= 0.6 is 0 Å². The predicted octanol–water partition coefficient (Wildman–Crippen LogP) is 2.03. The Hall–Kier alpha value is -1.35. The molecule has 16 heavy (non-hydrogen) atoms. The molecule has 0 spiro atoms. The van der Waals surface area contributed by atoms with Gasteiger partial charge in [0.05, 0.1) is 13.2 Å². The summed E-state index contributed by atoms with van der Waals surface area (Å²) in [7, 11) is 0. The zero-order valence-corrected chi connectivity index (χ0v) is 9.77. The van der Waals surface area contributed by atoms with E-state index in [1.165, 1.54) is 5.69 Å². The van der Waals surface area contributed by atoms with Crippen molar-refractivity contribution in [3.05, 3.63) is 29.3 Å². The van der Waals surface area contributed by atoms with Gasteiger partial charge in [-0.05, 0) is 37.6 Å². The summed E-state index contributed by atoms with van der Waals surface area (Å²) in [6.45, 7) is 6.59. The third-order valence-electron chi connectivity index (χ3n) is 3.08. The van der Waals surface area contributed by atoms with Gasteiger partial charge in [-0.15, -0.1) is 0 Å². The summed E-state index contributed by atoms with van der Waals surface area (Å²) in [5, 5.41) is 0. The lowest BCUT2D eigenvalue weighted by molar-refractivity contribution is 0.0989. The van der Waals surface area contributed by atoms with Crippen LogP contribution in [0, 0.1) is 6.92 Å². The number of nitrogens with zero attached hydrogens (tertiary/aromatic N) is 1. The van der Waals surface area contributed by atoms with Crippen molar-refractivity contribution in [2.24, 2.45) is 0 Å². The van der Waals surface area contributed by atoms with Crippen molar-refractivity contribution in [2.45, 2.75) is 19.9 Å². The van der Waals surface area contributed by atoms with Gasteiger partial charge in [0.15, 0.2) is 0 Å². The van der Waals surface area contributed by atoms with Crippen LogP contribution in [0.5, 0.6) is 0 Å². The minimum Gasteiger partial charge on any atom is -0.377 e. The molecule has 86 valence electrons. The van der Waals surface area contributed by atoms with E-state index in [1.807, 2.05) is 19.1 Å². The zero-order valence-electron chi connectivity index (χ0n) is 9.77. The van der Waals surface area contributed by atoms with Crippen molar-refractivity contribution in [1.29, 1.82) is 0 Å². The molecule has 1 heterocycles. The van der Waals surface area contributed by atoms with Crippen LogP contribution in [0.4, 0.5) is 5.69 Å². The van der Waals surface area contributed by atoms with Crippen LogP contribution in [-0.4, -0.2) is 32.1 Å². The quantitative estimate of drug-likeness (QED) is 0.713. The van der Waals surface area contributed by atoms with Crippen LogP contribution in [0.15, 0.2) is 18.2 Å². The van der Waals surface area contributed by atoms with Crippen LogP contribution < -0.4 is 4.90 Å². The highest BCUT2D eigenvalue weighted by molar-refractivity contribution is 5.78. The molecule has 3 nitrogen and oxygen atoms in total. The van der Waals surface area contributed by atoms with Crippen LogP contribution in [0.1, 0.15) is 22.8 Å². The van der Waals surface area contributed by atoms with Gasteiger partial charge in [-0.2, -0.15) is 0 Å². The number of morpholine rings is 1. The highest BCUT2D eigenvalue weighted by Gasteiger charge is 2.19. The SMILES string of the molecule is Cc1cc(N2CCOCC2C)ccc1C=O. The summed E-state index contributed by atoms with van der Waals surface area (Å²) in [5.41, 5.74) is 2.98. The molecule has 1 fully saturated rings. The number of rotatable bonds is 2. The molecule has 1 aliphatic heterocycles. The second-order valence-electron chi connectivity index (χ2n) is 4.28. The first-order chi connectivity index (χ1) is 7.72. The number of ether oxygens (including phenoxy) is 1. The van der Waals surface area contributed by atoms with Gasteiger partial charge < -0.3 is 9.64 Å². The molecule has 0 N–H and O–H groups in total. The van der Waals surface area contributed by atoms with E-state index in [1.54, 1.807) is 0 Å². The van der Waals surface area contributed by atoms with Gasteiger partial charge in [-0.1, -0.05) is 0 Å². The van der Waals surface area contributed by atoms with Gasteiger partial charge in [-0.25, -0.2) is 0 Å². The maximum absolute atomic E-state index is 10.7. The van der Waals surface area contributed by atoms with E-state index < -0.39 is 0 Å². The van der Waals surface area contributed by atoms with Gasteiger partial charge >= 0.3 is 0 Å². The molecule has 0 amide bonds. The van der Waals surface area contributed by atoms with Crippen molar-refractivity contribution in [3.8, 4) is 0 Å². The fourth-order valence-electron chi connectivity index (χ4n) is 2.08. The molecule has 1 aromatic rings. The first-order valence-corrected chi connectivity index (χ1v) is 5.62. The fourth-order valence-corrected chi connectivity index (χ4v) is 2.08. The average Bonchev–Trinajstić information content (AvgIpc) is 2.29. The minimum absolute atomic E-state index is 0.398. The normalized spacial score (nSPS) is 20.9. The molecule has 0 aliphatic carbocycles. The molecule has 0 aromatic heterocycles. The van der Waals surface area contributed by atoms with Gasteiger partial charge in [0.25, 0.3) is 0 Å². The zero-order chi connectivity index (χ0) is 11.5. The Bertz CT molecular complexity index is 390. The Labute approximate surface area is 96.0 Å². The van der Waals surface area contributed by atoms with Crippen molar-refractivity contribution in [1.82, 2.24) is 0 Å². The summed E-state index contributed by atoms with van der Waals surface area (Å²) >= 11 is 0. The standard InChI is InChI=1S/C13H17NO2/c1-10-7-13(4-3-12(10)8-15)14-5-6-16-9-11(14)2/h3-4,7-8,11H,5-6,9H2,1-2H3. The number of hydrogen-bond acceptors (Lipinski definition) is 3. The van der Waals surface area contributed by atoms with Crippen molar-refractivity contribution < 1.29 is 9.53 Å². The molecule has 1 atom stereocenters. The molecule has 3 heteroatoms. The number of anilines is 1. The third-order valence-corrected chi connectivity index (χ3v) is 3.08. The van der Waals surface area contributed by atoms with Crippen molar-refractivity contribution in [3.63, 3.8) is 0 Å². The summed E-state index contributed by atoms with van der Waals surface area (Å²) < 4.78 is 5.41. The molecule has 1 saturated heterocycles. The molecule has 0 saturated carbocycles. The average molecular weight is 219 g/mol. The number of carbonyl (C=O) groups excluding carboxylic acids is 1. The molecule has 1 unspecified atom stereocenters. The van der Waals surface area contributed by atoms with Crippen LogP contribution in [0.2, 0.25) is 0 Å². The Balaban J connectivity index is 2.26. The molecule has 2 rings (SSSR count). The molecule has 0 radical (unpaired) electrons. The monoisotopic (exact) mass is 219 g/mol. The maximum atomic E-state index is 10.7. The number of benzene rings is 1. The number of hydrogen-bond donors (Lipinski definition) is 0. The summed E-state index contributed by atoms with van der Waals surface area (Å²) in [6, 6.07) is 6.37. The predicted molar refractivity (Wildman–Crippen MR) is 64.2 cm³/mol. The topological polar surface area (TPSA) is 29.5 Å². The van der Waals surface area contributed by atoms with Crippen LogP contribution in [-0.2, 0) is 4.74 Å². The van der Waals surface area contributed by atoms with E-state index in [0.29, 0.717) is 6.04 Å². The van der Waals surface area contributed by atoms with Gasteiger partial charge in [0.2, 0.25) is 0 Å². The van der Waals surface area contributed by atoms with E-state index in [2.05, 4.69) is 17.9 Å². The fraction of sp³-hybridized carbons (Fsp3) is 0.462. The lowest BCUT2D eigenvalue weighted by Gasteiger charge is -2.35. The lowest BCUT2D eigenvalue weighted by atomic mass is 10.1. The van der Waals surface area contributed by atoms with Crippen LogP contribution in [0.25, 0.3) is 0 Å². The first kappa shape index (κ1) is 11.1. The number of aldehydes is 1. The molecular weight excluding hydrogens is 202 g/mol. The van der Waals surface area contributed by atoms with Gasteiger partial charge in [0, 0.05) is 23.8 Å². The Morgan fingerprint density at radius 1 is 1.50 bits per heavy atom. The molecule has 1 aliphatic rings. The summed E-state index contributed by atoms with van der Waals surface area (Å²) in [5.74, 6) is 0. The van der Waals surface area contributed by atoms with E-state index >= 15 is 0 Å². The molecule has 0 bridgehead atoms. The van der Waals surface area contributed by atoms with Crippen molar-refractivity contribution in [2.75, 3.05) is 24.7 Å². The van der Waals surface area contributed by atoms with E-state index in [-0.39, 0.29) is 0 Å². The van der Waals surface area contributed by atoms with Crippen LogP contribution in [0.3, 0.4) is 0 Å². The number of aryl methyl sites for hydroxylation is 1. The highest BCUT2D eigenvalue weighted by atomic mass is 16.5. The summed E-state index contributed by atoms with van der Waals surface area (Å²) in [6.07, 6.45) is 0.905. The smallest absolute Gasteiger partial charge is 0.150 e. The third kappa shape index (κ3) is 2.09. The largest absolute Gasteiger partial charge is 0.377 e. The Kier molecular flexibility index (Phi) is 3.25. The summed E-state index contributed by atoms with van der Waals surface area (Å²) in [4.78, 5) is 13.1. The van der Waals surface area contributed by atoms with E-state index in [0.717, 1.165) is 37.2 Å². The van der Waals surface area contributed by atoms with E-state index in [9.17, 15) is 4.79 Å². The Morgan fingerprint density at radius 3 is 2.94 bits per heavy atom. The second kappa shape index (κ2) is 4.66. The Morgan fingerprint density at radius 2 is 2.31 bits per heavy atom. The van der Waals surface area contributed by atoms with E-state index in [4.69, 9.17) is 4.74 Å². The lowest BCUT2D eigenvalue weighted by Crippen LogP contribution is -2.43.